The van der Waals surface area contributed by atoms with Gasteiger partial charge in [0.25, 0.3) is 0 Å². The molecule has 0 saturated heterocycles. The van der Waals surface area contributed by atoms with Crippen LogP contribution in [0.25, 0.3) is 15.8 Å². The molecule has 0 aliphatic heterocycles. The molecule has 0 unspecified atom stereocenters. The molecule has 0 radical (unpaired) electrons. The number of carbonyl (C=O) groups is 1. The molecule has 0 saturated carbocycles. The van der Waals surface area contributed by atoms with Gasteiger partial charge in [0, 0.05) is 16.3 Å². The van der Waals surface area contributed by atoms with Crippen LogP contribution < -0.4 is 0 Å². The molecule has 0 atom stereocenters. The third kappa shape index (κ3) is 3.99. The first-order chi connectivity index (χ1) is 12.9. The second-order valence-electron chi connectivity index (χ2n) is 5.37. The summed E-state index contributed by atoms with van der Waals surface area (Å²) in [6, 6.07) is 9.28. The van der Waals surface area contributed by atoms with Crippen molar-refractivity contribution < 1.29 is 23.4 Å². The normalized spacial score (nSPS) is 12.4. The summed E-state index contributed by atoms with van der Waals surface area (Å²) >= 11 is 7.31. The highest BCUT2D eigenvalue weighted by Crippen LogP contribution is 2.39. The van der Waals surface area contributed by atoms with E-state index in [0.29, 0.717) is 15.8 Å². The smallest absolute Gasteiger partial charge is 0.343 e. The maximum absolute atomic E-state index is 13.4. The molecule has 3 rings (SSSR count). The van der Waals surface area contributed by atoms with Crippen LogP contribution in [0.1, 0.15) is 4.88 Å². The quantitative estimate of drug-likeness (QED) is 0.262. The third-order valence-corrected chi connectivity index (χ3v) is 5.30. The van der Waals surface area contributed by atoms with E-state index < -0.39 is 23.4 Å². The van der Waals surface area contributed by atoms with E-state index in [4.69, 9.17) is 11.6 Å². The Morgan fingerprint density at radius 1 is 1.19 bits per heavy atom. The van der Waals surface area contributed by atoms with Crippen molar-refractivity contribution in [2.75, 3.05) is 7.11 Å². The number of esters is 1. The molecule has 3 aromatic rings. The molecule has 1 N–H and O–H groups in total. The summed E-state index contributed by atoms with van der Waals surface area (Å²) < 4.78 is 31.6. The minimum absolute atomic E-state index is 0.184. The van der Waals surface area contributed by atoms with Crippen molar-refractivity contribution in [3.05, 3.63) is 69.6 Å². The Balaban J connectivity index is 2.10. The number of aliphatic imine (C=N–C) groups is 1. The van der Waals surface area contributed by atoms with Crippen LogP contribution in [-0.2, 0) is 9.53 Å². The number of methoxy groups -OCH3 is 1. The van der Waals surface area contributed by atoms with Gasteiger partial charge in [-0.15, -0.1) is 11.3 Å². The van der Waals surface area contributed by atoms with Crippen LogP contribution in [0.3, 0.4) is 0 Å². The number of benzene rings is 2. The molecule has 27 heavy (non-hydrogen) atoms. The fourth-order valence-corrected chi connectivity index (χ4v) is 3.80. The number of carbonyl (C=O) groups excluding carboxylic acids is 1. The Bertz CT molecular complexity index is 1070. The Labute approximate surface area is 162 Å². The van der Waals surface area contributed by atoms with Crippen molar-refractivity contribution in [1.82, 2.24) is 0 Å². The lowest BCUT2D eigenvalue weighted by molar-refractivity contribution is -0.135. The fourth-order valence-electron chi connectivity index (χ4n) is 2.30. The van der Waals surface area contributed by atoms with Crippen molar-refractivity contribution in [3.8, 4) is 0 Å². The second kappa shape index (κ2) is 7.85. The van der Waals surface area contributed by atoms with Crippen LogP contribution in [0.4, 0.5) is 14.5 Å². The number of hydrogen-bond acceptors (Lipinski definition) is 5. The van der Waals surface area contributed by atoms with Crippen LogP contribution >= 0.6 is 22.9 Å². The summed E-state index contributed by atoms with van der Waals surface area (Å²) in [6.07, 6.45) is 1.11. The van der Waals surface area contributed by atoms with Crippen LogP contribution in [0.5, 0.6) is 0 Å². The molecule has 1 aromatic heterocycles. The van der Waals surface area contributed by atoms with Gasteiger partial charge in [0.15, 0.2) is 0 Å². The number of halogens is 3. The molecule has 138 valence electrons. The van der Waals surface area contributed by atoms with E-state index >= 15 is 0 Å². The van der Waals surface area contributed by atoms with E-state index in [1.165, 1.54) is 42.5 Å². The maximum atomic E-state index is 13.4. The largest absolute Gasteiger partial charge is 0.505 e. The Morgan fingerprint density at radius 2 is 1.85 bits per heavy atom. The number of nitrogens with zero attached hydrogens (tertiary/aromatic N) is 1. The number of ether oxygens (including phenoxy) is 1. The van der Waals surface area contributed by atoms with Crippen molar-refractivity contribution >= 4 is 56.7 Å². The van der Waals surface area contributed by atoms with Gasteiger partial charge < -0.3 is 9.84 Å². The predicted octanol–water partition coefficient (Wildman–Crippen LogP) is 5.68. The number of fused-ring (bicyclic) bond motifs is 1. The van der Waals surface area contributed by atoms with E-state index in [0.717, 1.165) is 24.7 Å². The summed E-state index contributed by atoms with van der Waals surface area (Å²) in [5, 5.41) is 11.3. The Kier molecular flexibility index (Phi) is 5.53. The highest BCUT2D eigenvalue weighted by molar-refractivity contribution is 7.20. The lowest BCUT2D eigenvalue weighted by atomic mass is 10.2. The lowest BCUT2D eigenvalue weighted by Crippen LogP contribution is -2.08. The van der Waals surface area contributed by atoms with Gasteiger partial charge in [-0.25, -0.2) is 13.6 Å². The van der Waals surface area contributed by atoms with E-state index in [1.807, 2.05) is 0 Å². The standard InChI is InChI=1S/C19H12ClF2NO3S/c1-26-19(25)14(9-23-12-5-2-10(21)3-6-12)17(24)18-16(20)13-7-4-11(22)8-15(13)27-18/h2-9,24H,1H3/b17-14+,23-9?. The zero-order chi connectivity index (χ0) is 19.6. The molecule has 0 amide bonds. The van der Waals surface area contributed by atoms with E-state index in [2.05, 4.69) is 9.73 Å². The van der Waals surface area contributed by atoms with Gasteiger partial charge in [0.2, 0.25) is 0 Å². The van der Waals surface area contributed by atoms with Crippen LogP contribution in [0.2, 0.25) is 5.02 Å². The van der Waals surface area contributed by atoms with Gasteiger partial charge >= 0.3 is 5.97 Å². The monoisotopic (exact) mass is 407 g/mol. The predicted molar refractivity (Wildman–Crippen MR) is 103 cm³/mol. The highest BCUT2D eigenvalue weighted by Gasteiger charge is 2.21. The van der Waals surface area contributed by atoms with Gasteiger partial charge in [-0.1, -0.05) is 11.6 Å². The van der Waals surface area contributed by atoms with Crippen molar-refractivity contribution in [2.45, 2.75) is 0 Å². The number of hydrogen-bond donors (Lipinski definition) is 1. The average molecular weight is 408 g/mol. The van der Waals surface area contributed by atoms with E-state index in [-0.39, 0.29) is 15.5 Å². The first-order valence-corrected chi connectivity index (χ1v) is 8.79. The van der Waals surface area contributed by atoms with Gasteiger partial charge in [-0.05, 0) is 42.5 Å². The second-order valence-corrected chi connectivity index (χ2v) is 6.80. The topological polar surface area (TPSA) is 58.9 Å². The molecule has 0 bridgehead atoms. The van der Waals surface area contributed by atoms with Crippen molar-refractivity contribution in [3.63, 3.8) is 0 Å². The molecule has 0 aliphatic carbocycles. The van der Waals surface area contributed by atoms with Crippen LogP contribution in [-0.4, -0.2) is 24.4 Å². The average Bonchev–Trinajstić information content (AvgIpc) is 2.98. The van der Waals surface area contributed by atoms with Crippen molar-refractivity contribution in [2.24, 2.45) is 4.99 Å². The van der Waals surface area contributed by atoms with Crippen molar-refractivity contribution in [1.29, 1.82) is 0 Å². The SMILES string of the molecule is COC(=O)/C(C=Nc1ccc(F)cc1)=C(/O)c1sc2cc(F)ccc2c1Cl. The molecular weight excluding hydrogens is 396 g/mol. The molecular formula is C19H12ClF2NO3S. The van der Waals surface area contributed by atoms with Gasteiger partial charge in [0.05, 0.1) is 22.7 Å². The Hall–Kier alpha value is -2.77. The molecule has 2 aromatic carbocycles. The Morgan fingerprint density at radius 3 is 2.52 bits per heavy atom. The lowest BCUT2D eigenvalue weighted by Gasteiger charge is -2.04. The van der Waals surface area contributed by atoms with E-state index in [1.54, 1.807) is 0 Å². The number of rotatable bonds is 4. The van der Waals surface area contributed by atoms with Crippen LogP contribution in [0, 0.1) is 11.6 Å². The van der Waals surface area contributed by atoms with E-state index in [9.17, 15) is 18.7 Å². The number of aliphatic hydroxyl groups is 1. The molecule has 0 aliphatic rings. The van der Waals surface area contributed by atoms with Gasteiger partial charge in [-0.2, -0.15) is 0 Å². The molecule has 8 heteroatoms. The summed E-state index contributed by atoms with van der Waals surface area (Å²) in [4.78, 5) is 16.3. The maximum Gasteiger partial charge on any atom is 0.343 e. The fraction of sp³-hybridized carbons (Fsp3) is 0.0526. The van der Waals surface area contributed by atoms with Gasteiger partial charge in [0.1, 0.15) is 23.0 Å². The highest BCUT2D eigenvalue weighted by atomic mass is 35.5. The minimum atomic E-state index is -0.835. The summed E-state index contributed by atoms with van der Waals surface area (Å²) in [5.41, 5.74) is 0.130. The summed E-state index contributed by atoms with van der Waals surface area (Å²) in [5.74, 6) is -2.15. The number of aliphatic hydroxyl groups excluding tert-OH is 1. The summed E-state index contributed by atoms with van der Waals surface area (Å²) in [7, 11) is 1.16. The summed E-state index contributed by atoms with van der Waals surface area (Å²) in [6.45, 7) is 0. The first kappa shape index (κ1) is 19.0. The molecule has 4 nitrogen and oxygen atoms in total. The molecule has 0 fully saturated rings. The first-order valence-electron chi connectivity index (χ1n) is 7.60. The minimum Gasteiger partial charge on any atom is -0.505 e. The zero-order valence-corrected chi connectivity index (χ0v) is 15.4. The molecule has 1 heterocycles. The number of thiophene rings is 1. The van der Waals surface area contributed by atoms with Gasteiger partial charge in [-0.3, -0.25) is 4.99 Å². The molecule has 0 spiro atoms. The van der Waals surface area contributed by atoms with Crippen LogP contribution in [0.15, 0.2) is 53.0 Å². The zero-order valence-electron chi connectivity index (χ0n) is 13.9. The third-order valence-electron chi connectivity index (χ3n) is 3.64.